The number of hydrogen-bond acceptors (Lipinski definition) is 2. The van der Waals surface area contributed by atoms with Crippen molar-refractivity contribution in [3.05, 3.63) is 35.9 Å². The Morgan fingerprint density at radius 1 is 1.32 bits per heavy atom. The highest BCUT2D eigenvalue weighted by atomic mass is 16.4. The molecule has 0 spiro atoms. The Balaban J connectivity index is 1.68. The number of fused-ring (bicyclic) bond motifs is 1. The maximum atomic E-state index is 12.8. The van der Waals surface area contributed by atoms with Gasteiger partial charge in [0.15, 0.2) is 0 Å². The first-order valence-corrected chi connectivity index (χ1v) is 9.12. The fourth-order valence-electron chi connectivity index (χ4n) is 4.37. The Kier molecular flexibility index (Phi) is 4.52. The van der Waals surface area contributed by atoms with Gasteiger partial charge in [-0.2, -0.15) is 0 Å². The number of carboxylic acid groups (broad SMARTS) is 1. The zero-order valence-corrected chi connectivity index (χ0v) is 15.3. The van der Waals surface area contributed by atoms with Crippen LogP contribution in [0.15, 0.2) is 30.3 Å². The molecule has 2 aliphatic rings. The number of hydrogen-bond donors (Lipinski definition) is 2. The predicted octanol–water partition coefficient (Wildman–Crippen LogP) is 3.25. The normalized spacial score (nSPS) is 27.0. The van der Waals surface area contributed by atoms with E-state index < -0.39 is 11.4 Å². The van der Waals surface area contributed by atoms with Crippen molar-refractivity contribution in [2.45, 2.75) is 51.5 Å². The van der Waals surface area contributed by atoms with Crippen LogP contribution in [0.2, 0.25) is 0 Å². The van der Waals surface area contributed by atoms with Crippen molar-refractivity contribution in [2.24, 2.45) is 11.3 Å². The van der Waals surface area contributed by atoms with Crippen molar-refractivity contribution >= 4 is 12.0 Å². The van der Waals surface area contributed by atoms with E-state index in [0.717, 1.165) is 12.8 Å². The number of aliphatic carboxylic acids is 1. The lowest BCUT2D eigenvalue weighted by Crippen LogP contribution is -2.50. The van der Waals surface area contributed by atoms with E-state index in [9.17, 15) is 14.7 Å². The van der Waals surface area contributed by atoms with Gasteiger partial charge in [0.2, 0.25) is 0 Å². The van der Waals surface area contributed by atoms with E-state index in [0.29, 0.717) is 19.5 Å². The van der Waals surface area contributed by atoms with Gasteiger partial charge in [0.25, 0.3) is 0 Å². The highest BCUT2D eigenvalue weighted by Crippen LogP contribution is 2.48. The number of carbonyl (C=O) groups is 2. The molecule has 2 amide bonds. The first-order valence-electron chi connectivity index (χ1n) is 9.12. The molecule has 1 aliphatic heterocycles. The van der Waals surface area contributed by atoms with Crippen LogP contribution in [0.3, 0.4) is 0 Å². The van der Waals surface area contributed by atoms with Gasteiger partial charge < -0.3 is 15.3 Å². The monoisotopic (exact) mass is 344 g/mol. The fraction of sp³-hybridized carbons (Fsp3) is 0.600. The summed E-state index contributed by atoms with van der Waals surface area (Å²) in [5, 5.41) is 12.8. The molecule has 2 fully saturated rings. The largest absolute Gasteiger partial charge is 0.481 e. The second kappa shape index (κ2) is 6.36. The number of rotatable bonds is 4. The van der Waals surface area contributed by atoms with Crippen LogP contribution in [0.25, 0.3) is 0 Å². The van der Waals surface area contributed by atoms with Crippen LogP contribution >= 0.6 is 0 Å². The second-order valence-electron chi connectivity index (χ2n) is 8.19. The summed E-state index contributed by atoms with van der Waals surface area (Å²) < 4.78 is 0. The van der Waals surface area contributed by atoms with Crippen molar-refractivity contribution in [3.63, 3.8) is 0 Å². The van der Waals surface area contributed by atoms with Crippen molar-refractivity contribution in [1.29, 1.82) is 0 Å². The van der Waals surface area contributed by atoms with E-state index in [1.165, 1.54) is 5.56 Å². The van der Waals surface area contributed by atoms with Crippen LogP contribution in [-0.2, 0) is 10.2 Å². The van der Waals surface area contributed by atoms with E-state index in [2.05, 4.69) is 31.3 Å². The molecule has 1 saturated heterocycles. The molecular formula is C20H28N2O3. The SMILES string of the molecule is CC(NC(=O)N1C[C@@H]2CCC[C@@]2(C(=O)O)C1)C(C)(C)c1ccccc1. The number of amides is 2. The predicted molar refractivity (Wildman–Crippen MR) is 96.4 cm³/mol. The first kappa shape index (κ1) is 17.8. The molecule has 1 unspecified atom stereocenters. The first-order chi connectivity index (χ1) is 11.8. The van der Waals surface area contributed by atoms with Crippen LogP contribution in [-0.4, -0.2) is 41.1 Å². The molecule has 0 radical (unpaired) electrons. The third kappa shape index (κ3) is 3.00. The average Bonchev–Trinajstić information content (AvgIpc) is 3.13. The van der Waals surface area contributed by atoms with Gasteiger partial charge in [-0.1, -0.05) is 50.6 Å². The van der Waals surface area contributed by atoms with Gasteiger partial charge in [-0.25, -0.2) is 4.79 Å². The molecule has 1 saturated carbocycles. The summed E-state index contributed by atoms with van der Waals surface area (Å²) in [5.74, 6) is -0.656. The summed E-state index contributed by atoms with van der Waals surface area (Å²) in [5.41, 5.74) is 0.232. The number of benzene rings is 1. The zero-order chi connectivity index (χ0) is 18.2. The number of carbonyl (C=O) groups excluding carboxylic acids is 1. The Morgan fingerprint density at radius 3 is 2.60 bits per heavy atom. The van der Waals surface area contributed by atoms with Gasteiger partial charge in [-0.3, -0.25) is 4.79 Å². The van der Waals surface area contributed by atoms with Gasteiger partial charge >= 0.3 is 12.0 Å². The Hall–Kier alpha value is -2.04. The molecule has 136 valence electrons. The van der Waals surface area contributed by atoms with Crippen molar-refractivity contribution < 1.29 is 14.7 Å². The van der Waals surface area contributed by atoms with E-state index in [1.54, 1.807) is 4.90 Å². The molecule has 0 bridgehead atoms. The molecule has 1 aromatic rings. The van der Waals surface area contributed by atoms with E-state index >= 15 is 0 Å². The van der Waals surface area contributed by atoms with E-state index in [1.807, 2.05) is 25.1 Å². The summed E-state index contributed by atoms with van der Waals surface area (Å²) >= 11 is 0. The number of nitrogens with one attached hydrogen (secondary N) is 1. The van der Waals surface area contributed by atoms with Gasteiger partial charge in [-0.05, 0) is 31.2 Å². The average molecular weight is 344 g/mol. The molecule has 3 rings (SSSR count). The van der Waals surface area contributed by atoms with Crippen molar-refractivity contribution in [2.75, 3.05) is 13.1 Å². The topological polar surface area (TPSA) is 69.6 Å². The maximum Gasteiger partial charge on any atom is 0.317 e. The lowest BCUT2D eigenvalue weighted by Gasteiger charge is -2.34. The highest BCUT2D eigenvalue weighted by Gasteiger charge is 2.56. The number of likely N-dealkylation sites (tertiary alicyclic amines) is 1. The number of urea groups is 1. The Morgan fingerprint density at radius 2 is 2.00 bits per heavy atom. The molecule has 2 N–H and O–H groups in total. The summed E-state index contributed by atoms with van der Waals surface area (Å²) in [7, 11) is 0. The molecule has 5 heteroatoms. The van der Waals surface area contributed by atoms with Crippen LogP contribution in [0, 0.1) is 11.3 Å². The van der Waals surface area contributed by atoms with Crippen molar-refractivity contribution in [1.82, 2.24) is 10.2 Å². The molecule has 1 aromatic carbocycles. The lowest BCUT2D eigenvalue weighted by molar-refractivity contribution is -0.149. The summed E-state index contributed by atoms with van der Waals surface area (Å²) in [6.07, 6.45) is 2.53. The minimum atomic E-state index is -0.747. The fourth-order valence-corrected chi connectivity index (χ4v) is 4.37. The molecule has 25 heavy (non-hydrogen) atoms. The Labute approximate surface area is 149 Å². The van der Waals surface area contributed by atoms with Gasteiger partial charge in [0, 0.05) is 24.5 Å². The summed E-state index contributed by atoms with van der Waals surface area (Å²) in [4.78, 5) is 26.2. The van der Waals surface area contributed by atoms with E-state index in [-0.39, 0.29) is 23.4 Å². The maximum absolute atomic E-state index is 12.8. The van der Waals surface area contributed by atoms with Crippen LogP contribution in [0.4, 0.5) is 4.79 Å². The van der Waals surface area contributed by atoms with Crippen molar-refractivity contribution in [3.8, 4) is 0 Å². The lowest BCUT2D eigenvalue weighted by atomic mass is 9.78. The molecule has 1 aliphatic carbocycles. The third-order valence-electron chi connectivity index (χ3n) is 6.52. The highest BCUT2D eigenvalue weighted by molar-refractivity contribution is 5.80. The van der Waals surface area contributed by atoms with Gasteiger partial charge in [0.05, 0.1) is 5.41 Å². The minimum Gasteiger partial charge on any atom is -0.481 e. The van der Waals surface area contributed by atoms with E-state index in [4.69, 9.17) is 0 Å². The smallest absolute Gasteiger partial charge is 0.317 e. The second-order valence-corrected chi connectivity index (χ2v) is 8.19. The summed E-state index contributed by atoms with van der Waals surface area (Å²) in [6, 6.07) is 9.92. The van der Waals surface area contributed by atoms with Gasteiger partial charge in [-0.15, -0.1) is 0 Å². The minimum absolute atomic E-state index is 0.0661. The Bertz CT molecular complexity index is 658. The molecule has 0 aromatic heterocycles. The summed E-state index contributed by atoms with van der Waals surface area (Å²) in [6.45, 7) is 7.12. The third-order valence-corrected chi connectivity index (χ3v) is 6.52. The van der Waals surface area contributed by atoms with Crippen LogP contribution in [0.5, 0.6) is 0 Å². The number of nitrogens with zero attached hydrogens (tertiary/aromatic N) is 1. The molecular weight excluding hydrogens is 316 g/mol. The standard InChI is InChI=1S/C20H28N2O3/c1-14(19(2,3)15-8-5-4-6-9-15)21-18(25)22-12-16-10-7-11-20(16,13-22)17(23)24/h4-6,8-9,14,16H,7,10-13H2,1-3H3,(H,21,25)(H,23,24)/t14?,16-,20+/m0/s1. The van der Waals surface area contributed by atoms with Crippen LogP contribution < -0.4 is 5.32 Å². The molecule has 1 heterocycles. The molecule has 3 atom stereocenters. The molecule has 5 nitrogen and oxygen atoms in total. The van der Waals surface area contributed by atoms with Gasteiger partial charge in [0.1, 0.15) is 0 Å². The quantitative estimate of drug-likeness (QED) is 0.881. The zero-order valence-electron chi connectivity index (χ0n) is 15.3. The van der Waals surface area contributed by atoms with Crippen LogP contribution in [0.1, 0.15) is 45.6 Å². The number of carboxylic acids is 1.